The second-order valence-electron chi connectivity index (χ2n) is 6.19. The van der Waals surface area contributed by atoms with Gasteiger partial charge in [-0.15, -0.1) is 0 Å². The van der Waals surface area contributed by atoms with Crippen molar-refractivity contribution in [1.29, 1.82) is 0 Å². The Morgan fingerprint density at radius 1 is 1.27 bits per heavy atom. The third-order valence-electron chi connectivity index (χ3n) is 4.60. The molecular formula is C17H25N3O2. The van der Waals surface area contributed by atoms with Crippen molar-refractivity contribution in [3.05, 3.63) is 30.1 Å². The van der Waals surface area contributed by atoms with Crippen molar-refractivity contribution < 1.29 is 9.53 Å². The zero-order valence-corrected chi connectivity index (χ0v) is 13.1. The van der Waals surface area contributed by atoms with E-state index < -0.39 is 0 Å². The van der Waals surface area contributed by atoms with Crippen LogP contribution in [0.5, 0.6) is 0 Å². The number of morpholine rings is 1. The summed E-state index contributed by atoms with van der Waals surface area (Å²) in [5.74, 6) is 0.242. The molecule has 0 aromatic carbocycles. The van der Waals surface area contributed by atoms with E-state index in [1.54, 1.807) is 12.4 Å². The molecule has 5 heteroatoms. The van der Waals surface area contributed by atoms with E-state index in [0.717, 1.165) is 57.8 Å². The molecule has 5 nitrogen and oxygen atoms in total. The summed E-state index contributed by atoms with van der Waals surface area (Å²) >= 11 is 0. The van der Waals surface area contributed by atoms with Gasteiger partial charge in [-0.25, -0.2) is 0 Å². The molecule has 0 aliphatic carbocycles. The zero-order valence-electron chi connectivity index (χ0n) is 13.1. The Morgan fingerprint density at radius 2 is 2.14 bits per heavy atom. The van der Waals surface area contributed by atoms with E-state index in [9.17, 15) is 4.79 Å². The molecule has 2 aliphatic heterocycles. The number of likely N-dealkylation sites (tertiary alicyclic amines) is 1. The highest BCUT2D eigenvalue weighted by atomic mass is 16.5. The van der Waals surface area contributed by atoms with Crippen LogP contribution < -0.4 is 0 Å². The number of carbonyl (C=O) groups excluding carboxylic acids is 1. The Labute approximate surface area is 132 Å². The Hall–Kier alpha value is -1.46. The van der Waals surface area contributed by atoms with Crippen molar-refractivity contribution in [2.75, 3.05) is 39.4 Å². The standard InChI is InChI=1S/C17H25N3O2/c21-17(12-15-4-3-6-18-13-15)20-7-2-1-5-16(20)14-19-8-10-22-11-9-19/h3-4,6,13,16H,1-2,5,7-12,14H2/t16-/m0/s1. The van der Waals surface area contributed by atoms with E-state index in [0.29, 0.717) is 12.5 Å². The summed E-state index contributed by atoms with van der Waals surface area (Å²) in [6, 6.07) is 4.23. The first kappa shape index (κ1) is 15.4. The van der Waals surface area contributed by atoms with Gasteiger partial charge in [-0.3, -0.25) is 14.7 Å². The van der Waals surface area contributed by atoms with Crippen LogP contribution in [0.3, 0.4) is 0 Å². The summed E-state index contributed by atoms with van der Waals surface area (Å²) in [4.78, 5) is 21.3. The van der Waals surface area contributed by atoms with Gasteiger partial charge < -0.3 is 9.64 Å². The highest BCUT2D eigenvalue weighted by Gasteiger charge is 2.28. The minimum absolute atomic E-state index is 0.242. The van der Waals surface area contributed by atoms with E-state index in [1.165, 1.54) is 6.42 Å². The van der Waals surface area contributed by atoms with Crippen molar-refractivity contribution in [1.82, 2.24) is 14.8 Å². The number of amides is 1. The molecular weight excluding hydrogens is 278 g/mol. The Kier molecular flexibility index (Phi) is 5.40. The van der Waals surface area contributed by atoms with Crippen molar-refractivity contribution in [2.24, 2.45) is 0 Å². The molecule has 1 aromatic heterocycles. The molecule has 0 saturated carbocycles. The number of hydrogen-bond acceptors (Lipinski definition) is 4. The molecule has 3 rings (SSSR count). The molecule has 3 heterocycles. The molecule has 1 atom stereocenters. The van der Waals surface area contributed by atoms with Crippen LogP contribution in [0, 0.1) is 0 Å². The molecule has 1 amide bonds. The Bertz CT molecular complexity index is 474. The van der Waals surface area contributed by atoms with Crippen molar-refractivity contribution in [3.63, 3.8) is 0 Å². The zero-order chi connectivity index (χ0) is 15.2. The molecule has 120 valence electrons. The minimum atomic E-state index is 0.242. The van der Waals surface area contributed by atoms with E-state index >= 15 is 0 Å². The predicted molar refractivity (Wildman–Crippen MR) is 84.6 cm³/mol. The van der Waals surface area contributed by atoms with Crippen LogP contribution in [0.2, 0.25) is 0 Å². The van der Waals surface area contributed by atoms with Gasteiger partial charge >= 0.3 is 0 Å². The third-order valence-corrected chi connectivity index (χ3v) is 4.60. The van der Waals surface area contributed by atoms with Crippen LogP contribution >= 0.6 is 0 Å². The first-order valence-electron chi connectivity index (χ1n) is 8.31. The second kappa shape index (κ2) is 7.70. The molecule has 0 N–H and O–H groups in total. The molecule has 2 saturated heterocycles. The number of hydrogen-bond donors (Lipinski definition) is 0. The summed E-state index contributed by atoms with van der Waals surface area (Å²) in [6.45, 7) is 5.49. The Morgan fingerprint density at radius 3 is 2.91 bits per heavy atom. The van der Waals surface area contributed by atoms with Crippen LogP contribution in [-0.4, -0.2) is 66.1 Å². The average molecular weight is 303 g/mol. The second-order valence-corrected chi connectivity index (χ2v) is 6.19. The molecule has 0 radical (unpaired) electrons. The molecule has 0 bridgehead atoms. The topological polar surface area (TPSA) is 45.7 Å². The van der Waals surface area contributed by atoms with Gasteiger partial charge in [-0.1, -0.05) is 6.07 Å². The highest BCUT2D eigenvalue weighted by molar-refractivity contribution is 5.79. The van der Waals surface area contributed by atoms with Crippen LogP contribution in [0.4, 0.5) is 0 Å². The van der Waals surface area contributed by atoms with Crippen molar-refractivity contribution in [2.45, 2.75) is 31.7 Å². The first-order chi connectivity index (χ1) is 10.8. The largest absolute Gasteiger partial charge is 0.379 e. The molecule has 2 aliphatic rings. The average Bonchev–Trinajstić information content (AvgIpc) is 2.57. The number of aromatic nitrogens is 1. The van der Waals surface area contributed by atoms with E-state index in [-0.39, 0.29) is 5.91 Å². The summed E-state index contributed by atoms with van der Waals surface area (Å²) in [7, 11) is 0. The molecule has 2 fully saturated rings. The fourth-order valence-electron chi connectivity index (χ4n) is 3.38. The lowest BCUT2D eigenvalue weighted by atomic mass is 10.00. The molecule has 1 aromatic rings. The van der Waals surface area contributed by atoms with Crippen molar-refractivity contribution >= 4 is 5.91 Å². The van der Waals surface area contributed by atoms with E-state index in [1.807, 2.05) is 12.1 Å². The fourth-order valence-corrected chi connectivity index (χ4v) is 3.38. The first-order valence-corrected chi connectivity index (χ1v) is 8.31. The molecule has 0 unspecified atom stereocenters. The number of carbonyl (C=O) groups is 1. The summed E-state index contributed by atoms with van der Waals surface area (Å²) in [5, 5.41) is 0. The maximum atomic E-state index is 12.7. The maximum absolute atomic E-state index is 12.7. The number of nitrogens with zero attached hydrogens (tertiary/aromatic N) is 3. The van der Waals surface area contributed by atoms with Crippen LogP contribution in [-0.2, 0) is 16.0 Å². The molecule has 0 spiro atoms. The fraction of sp³-hybridized carbons (Fsp3) is 0.647. The van der Waals surface area contributed by atoms with Gasteiger partial charge in [0.1, 0.15) is 0 Å². The lowest BCUT2D eigenvalue weighted by Gasteiger charge is -2.39. The number of pyridine rings is 1. The van der Waals surface area contributed by atoms with Gasteiger partial charge in [-0.05, 0) is 30.9 Å². The Balaban J connectivity index is 1.60. The number of rotatable bonds is 4. The maximum Gasteiger partial charge on any atom is 0.227 e. The number of ether oxygens (including phenoxy) is 1. The monoisotopic (exact) mass is 303 g/mol. The predicted octanol–water partition coefficient (Wildman–Crippen LogP) is 1.34. The van der Waals surface area contributed by atoms with Gasteiger partial charge in [0.15, 0.2) is 0 Å². The SMILES string of the molecule is O=C(Cc1cccnc1)N1CCCC[C@H]1CN1CCOCC1. The summed E-state index contributed by atoms with van der Waals surface area (Å²) in [5.41, 5.74) is 1.00. The van der Waals surface area contributed by atoms with E-state index in [4.69, 9.17) is 4.74 Å². The van der Waals surface area contributed by atoms with Crippen LogP contribution in [0.25, 0.3) is 0 Å². The lowest BCUT2D eigenvalue weighted by molar-refractivity contribution is -0.134. The lowest BCUT2D eigenvalue weighted by Crippen LogP contribution is -2.51. The van der Waals surface area contributed by atoms with Gasteiger partial charge in [-0.2, -0.15) is 0 Å². The van der Waals surface area contributed by atoms with E-state index in [2.05, 4.69) is 14.8 Å². The quantitative estimate of drug-likeness (QED) is 0.842. The van der Waals surface area contributed by atoms with Crippen molar-refractivity contribution in [3.8, 4) is 0 Å². The number of piperidine rings is 1. The summed E-state index contributed by atoms with van der Waals surface area (Å²) in [6.07, 6.45) is 7.47. The highest BCUT2D eigenvalue weighted by Crippen LogP contribution is 2.19. The normalized spacial score (nSPS) is 23.5. The summed E-state index contributed by atoms with van der Waals surface area (Å²) < 4.78 is 5.41. The van der Waals surface area contributed by atoms with Gasteiger partial charge in [0.05, 0.1) is 19.6 Å². The van der Waals surface area contributed by atoms with Crippen LogP contribution in [0.15, 0.2) is 24.5 Å². The van der Waals surface area contributed by atoms with Gasteiger partial charge in [0, 0.05) is 44.6 Å². The third kappa shape index (κ3) is 4.05. The van der Waals surface area contributed by atoms with Gasteiger partial charge in [0.25, 0.3) is 0 Å². The molecule has 22 heavy (non-hydrogen) atoms. The minimum Gasteiger partial charge on any atom is -0.379 e. The van der Waals surface area contributed by atoms with Gasteiger partial charge in [0.2, 0.25) is 5.91 Å². The smallest absolute Gasteiger partial charge is 0.227 e. The van der Waals surface area contributed by atoms with Crippen LogP contribution in [0.1, 0.15) is 24.8 Å².